The van der Waals surface area contributed by atoms with Crippen LogP contribution in [-0.2, 0) is 0 Å². The topological polar surface area (TPSA) is 47.0 Å². The van der Waals surface area contributed by atoms with E-state index < -0.39 is 0 Å². The maximum Gasteiger partial charge on any atom is 0.235 e. The molecular formula is C10H15N3O. The highest BCUT2D eigenvalue weighted by molar-refractivity contribution is 5.20. The van der Waals surface area contributed by atoms with Gasteiger partial charge in [-0.3, -0.25) is 0 Å². The monoisotopic (exact) mass is 193 g/mol. The van der Waals surface area contributed by atoms with Crippen LogP contribution in [0.5, 0.6) is 5.88 Å². The van der Waals surface area contributed by atoms with Crippen molar-refractivity contribution in [3.63, 3.8) is 0 Å². The number of rotatable bonds is 2. The van der Waals surface area contributed by atoms with E-state index in [2.05, 4.69) is 15.3 Å². The third-order valence-electron chi connectivity index (χ3n) is 2.53. The van der Waals surface area contributed by atoms with Gasteiger partial charge in [0.1, 0.15) is 0 Å². The highest BCUT2D eigenvalue weighted by Gasteiger charge is 2.18. The zero-order valence-electron chi connectivity index (χ0n) is 8.58. The third-order valence-corrected chi connectivity index (χ3v) is 2.53. The summed E-state index contributed by atoms with van der Waals surface area (Å²) in [5, 5.41) is 3.39. The number of nitrogens with zero attached hydrogens (tertiary/aromatic N) is 2. The molecule has 0 spiro atoms. The van der Waals surface area contributed by atoms with E-state index in [1.807, 2.05) is 6.92 Å². The van der Waals surface area contributed by atoms with Crippen molar-refractivity contribution in [2.45, 2.75) is 25.8 Å². The van der Waals surface area contributed by atoms with Gasteiger partial charge in [-0.15, -0.1) is 0 Å². The second-order valence-electron chi connectivity index (χ2n) is 3.54. The fraction of sp³-hybridized carbons (Fsp3) is 0.600. The van der Waals surface area contributed by atoms with Gasteiger partial charge in [0, 0.05) is 0 Å². The van der Waals surface area contributed by atoms with Gasteiger partial charge >= 0.3 is 0 Å². The van der Waals surface area contributed by atoms with Gasteiger partial charge in [-0.1, -0.05) is 0 Å². The van der Waals surface area contributed by atoms with E-state index in [9.17, 15) is 0 Å². The Bertz CT molecular complexity index is 321. The van der Waals surface area contributed by atoms with Crippen molar-refractivity contribution >= 4 is 0 Å². The van der Waals surface area contributed by atoms with Crippen LogP contribution in [0.1, 0.15) is 30.3 Å². The maximum atomic E-state index is 5.07. The summed E-state index contributed by atoms with van der Waals surface area (Å²) in [6.07, 6.45) is 4.17. The fourth-order valence-electron chi connectivity index (χ4n) is 1.79. The highest BCUT2D eigenvalue weighted by atomic mass is 16.5. The minimum Gasteiger partial charge on any atom is -0.480 e. The Hall–Kier alpha value is -1.16. The molecule has 14 heavy (non-hydrogen) atoms. The first-order valence-electron chi connectivity index (χ1n) is 4.92. The first kappa shape index (κ1) is 9.40. The smallest absolute Gasteiger partial charge is 0.235 e. The lowest BCUT2D eigenvalue weighted by Crippen LogP contribution is -2.15. The van der Waals surface area contributed by atoms with Crippen molar-refractivity contribution in [1.82, 2.24) is 15.3 Å². The summed E-state index contributed by atoms with van der Waals surface area (Å²) < 4.78 is 5.07. The van der Waals surface area contributed by atoms with Crippen molar-refractivity contribution in [3.8, 4) is 5.88 Å². The number of ether oxygens (including phenoxy) is 1. The molecule has 0 bridgehead atoms. The number of hydrogen-bond donors (Lipinski definition) is 1. The molecule has 1 unspecified atom stereocenters. The van der Waals surface area contributed by atoms with E-state index in [0.29, 0.717) is 11.9 Å². The van der Waals surface area contributed by atoms with Crippen LogP contribution in [0, 0.1) is 6.92 Å². The standard InChI is InChI=1S/C10H15N3O/c1-7-10(14-2)12-6-9(13-7)8-4-3-5-11-8/h6,8,11H,3-5H2,1-2H3. The average molecular weight is 193 g/mol. The third kappa shape index (κ3) is 1.70. The van der Waals surface area contributed by atoms with E-state index in [4.69, 9.17) is 4.74 Å². The van der Waals surface area contributed by atoms with Gasteiger partial charge in [0.15, 0.2) is 0 Å². The van der Waals surface area contributed by atoms with Gasteiger partial charge in [0.05, 0.1) is 30.7 Å². The Morgan fingerprint density at radius 3 is 3.00 bits per heavy atom. The molecular weight excluding hydrogens is 178 g/mol. The Labute approximate surface area is 83.7 Å². The van der Waals surface area contributed by atoms with Crippen LogP contribution in [0.15, 0.2) is 6.20 Å². The van der Waals surface area contributed by atoms with E-state index in [0.717, 1.165) is 24.4 Å². The molecule has 0 aromatic carbocycles. The molecule has 0 saturated carbocycles. The van der Waals surface area contributed by atoms with Crippen molar-refractivity contribution < 1.29 is 4.74 Å². The molecule has 0 radical (unpaired) electrons. The molecule has 0 aliphatic carbocycles. The maximum absolute atomic E-state index is 5.07. The normalized spacial score (nSPS) is 21.1. The summed E-state index contributed by atoms with van der Waals surface area (Å²) in [7, 11) is 1.62. The summed E-state index contributed by atoms with van der Waals surface area (Å²) in [4.78, 5) is 8.69. The highest BCUT2D eigenvalue weighted by Crippen LogP contribution is 2.22. The lowest BCUT2D eigenvalue weighted by Gasteiger charge is -2.10. The Morgan fingerprint density at radius 1 is 1.57 bits per heavy atom. The van der Waals surface area contributed by atoms with Crippen molar-refractivity contribution in [2.24, 2.45) is 0 Å². The molecule has 2 rings (SSSR count). The van der Waals surface area contributed by atoms with Crippen LogP contribution in [0.2, 0.25) is 0 Å². The fourth-order valence-corrected chi connectivity index (χ4v) is 1.79. The number of nitrogens with one attached hydrogen (secondary N) is 1. The second-order valence-corrected chi connectivity index (χ2v) is 3.54. The molecule has 1 saturated heterocycles. The molecule has 2 heterocycles. The molecule has 76 valence electrons. The summed E-state index contributed by atoms with van der Waals surface area (Å²) >= 11 is 0. The minimum atomic E-state index is 0.382. The van der Waals surface area contributed by atoms with Crippen LogP contribution in [0.4, 0.5) is 0 Å². The van der Waals surface area contributed by atoms with Gasteiger partial charge in [-0.05, 0) is 26.3 Å². The zero-order chi connectivity index (χ0) is 9.97. The predicted octanol–water partition coefficient (Wildman–Crippen LogP) is 1.22. The number of hydrogen-bond acceptors (Lipinski definition) is 4. The first-order chi connectivity index (χ1) is 6.81. The molecule has 1 fully saturated rings. The van der Waals surface area contributed by atoms with Gasteiger partial charge in [0.2, 0.25) is 5.88 Å². The van der Waals surface area contributed by atoms with Crippen molar-refractivity contribution in [2.75, 3.05) is 13.7 Å². The summed E-state index contributed by atoms with van der Waals surface area (Å²) in [5.41, 5.74) is 1.89. The molecule has 0 amide bonds. The largest absolute Gasteiger partial charge is 0.480 e. The molecule has 1 aromatic rings. The second kappa shape index (κ2) is 3.92. The van der Waals surface area contributed by atoms with Gasteiger partial charge in [0.25, 0.3) is 0 Å². The minimum absolute atomic E-state index is 0.382. The molecule has 1 aliphatic heterocycles. The van der Waals surface area contributed by atoms with Crippen LogP contribution in [0.25, 0.3) is 0 Å². The van der Waals surface area contributed by atoms with E-state index in [1.54, 1.807) is 13.3 Å². The molecule has 4 nitrogen and oxygen atoms in total. The van der Waals surface area contributed by atoms with E-state index >= 15 is 0 Å². The summed E-state index contributed by atoms with van der Waals surface area (Å²) in [5.74, 6) is 0.617. The molecule has 1 atom stereocenters. The molecule has 1 aliphatic rings. The van der Waals surface area contributed by atoms with Crippen LogP contribution in [-0.4, -0.2) is 23.6 Å². The SMILES string of the molecule is COc1ncc(C2CCCN2)nc1C. The van der Waals surface area contributed by atoms with E-state index in [1.165, 1.54) is 6.42 Å². The number of aryl methyl sites for hydroxylation is 1. The average Bonchev–Trinajstić information content (AvgIpc) is 2.70. The Kier molecular flexibility index (Phi) is 2.63. The molecule has 1 N–H and O–H groups in total. The van der Waals surface area contributed by atoms with Gasteiger partial charge < -0.3 is 10.1 Å². The lowest BCUT2D eigenvalue weighted by molar-refractivity contribution is 0.390. The zero-order valence-corrected chi connectivity index (χ0v) is 8.58. The van der Waals surface area contributed by atoms with Crippen molar-refractivity contribution in [3.05, 3.63) is 17.6 Å². The Morgan fingerprint density at radius 2 is 2.43 bits per heavy atom. The molecule has 1 aromatic heterocycles. The summed E-state index contributed by atoms with van der Waals surface area (Å²) in [6, 6.07) is 0.382. The van der Waals surface area contributed by atoms with Gasteiger partial charge in [-0.25, -0.2) is 9.97 Å². The van der Waals surface area contributed by atoms with Crippen LogP contribution < -0.4 is 10.1 Å². The lowest BCUT2D eigenvalue weighted by atomic mass is 10.2. The van der Waals surface area contributed by atoms with Crippen LogP contribution in [0.3, 0.4) is 0 Å². The molecule has 4 heteroatoms. The predicted molar refractivity (Wildman–Crippen MR) is 53.3 cm³/mol. The quantitative estimate of drug-likeness (QED) is 0.767. The van der Waals surface area contributed by atoms with E-state index in [-0.39, 0.29) is 0 Å². The van der Waals surface area contributed by atoms with Crippen molar-refractivity contribution in [1.29, 1.82) is 0 Å². The first-order valence-corrected chi connectivity index (χ1v) is 4.92. The Balaban J connectivity index is 2.23. The summed E-state index contributed by atoms with van der Waals surface area (Å²) in [6.45, 7) is 3.00. The number of aromatic nitrogens is 2. The van der Waals surface area contributed by atoms with Gasteiger partial charge in [-0.2, -0.15) is 0 Å². The number of methoxy groups -OCH3 is 1. The van der Waals surface area contributed by atoms with Crippen LogP contribution >= 0.6 is 0 Å².